The minimum Gasteiger partial charge on any atom is -0.451 e. The van der Waals surface area contributed by atoms with Gasteiger partial charge in [-0.3, -0.25) is 0 Å². The van der Waals surface area contributed by atoms with Crippen LogP contribution in [-0.4, -0.2) is 87.6 Å². The van der Waals surface area contributed by atoms with Gasteiger partial charge < -0.3 is 45.1 Å². The lowest BCUT2D eigenvalue weighted by molar-refractivity contribution is -0.390. The summed E-state index contributed by atoms with van der Waals surface area (Å²) in [6.07, 6.45) is -1.63. The van der Waals surface area contributed by atoms with Crippen LogP contribution in [0.25, 0.3) is 0 Å². The topological polar surface area (TPSA) is 173 Å². The van der Waals surface area contributed by atoms with Crippen LogP contribution in [0.2, 0.25) is 0 Å². The summed E-state index contributed by atoms with van der Waals surface area (Å²) in [5, 5.41) is 73.9. The lowest BCUT2D eigenvalue weighted by Crippen LogP contribution is -2.75. The molecule has 10 nitrogen and oxygen atoms in total. The molecule has 7 N–H and O–H groups in total. The fourth-order valence-corrected chi connectivity index (χ4v) is 9.56. The lowest BCUT2D eigenvalue weighted by atomic mass is 9.52. The fraction of sp³-hybridized carbons (Fsp3) is 0.800. The van der Waals surface area contributed by atoms with Crippen LogP contribution in [0.3, 0.4) is 0 Å². The van der Waals surface area contributed by atoms with E-state index < -0.39 is 74.6 Å². The Morgan fingerprint density at radius 3 is 2.43 bits per heavy atom. The van der Waals surface area contributed by atoms with Crippen LogP contribution in [-0.2, 0) is 9.47 Å². The molecule has 6 bridgehead atoms. The molecule has 4 aliphatic carbocycles. The molecule has 0 amide bonds. The number of aliphatic hydroxyl groups excluding tert-OH is 1. The Morgan fingerprint density at radius 1 is 1.20 bits per heavy atom. The summed E-state index contributed by atoms with van der Waals surface area (Å²) < 4.78 is 12.1. The van der Waals surface area contributed by atoms with Gasteiger partial charge in [-0.25, -0.2) is 4.79 Å². The first kappa shape index (κ1) is 23.8. The monoisotopic (exact) mass is 493 g/mol. The number of nitrogens with one attached hydrogen (secondary N) is 1. The van der Waals surface area contributed by atoms with Crippen molar-refractivity contribution in [2.24, 2.45) is 22.7 Å². The highest BCUT2D eigenvalue weighted by Gasteiger charge is 3.10. The molecule has 2 saturated heterocycles. The van der Waals surface area contributed by atoms with Gasteiger partial charge in [-0.1, -0.05) is 27.7 Å². The van der Waals surface area contributed by atoms with Gasteiger partial charge >= 0.3 is 5.97 Å². The molecule has 0 unspecified atom stereocenters. The predicted molar refractivity (Wildman–Crippen MR) is 119 cm³/mol. The second kappa shape index (κ2) is 5.96. The van der Waals surface area contributed by atoms with E-state index in [1.807, 2.05) is 0 Å². The smallest absolute Gasteiger partial charge is 0.355 e. The van der Waals surface area contributed by atoms with Crippen LogP contribution >= 0.6 is 0 Å². The van der Waals surface area contributed by atoms with Gasteiger partial charge in [0.05, 0.1) is 11.5 Å². The van der Waals surface area contributed by atoms with E-state index in [0.717, 1.165) is 0 Å². The number of aromatic amines is 1. The minimum atomic E-state index is -2.59. The van der Waals surface area contributed by atoms with Gasteiger partial charge in [0.15, 0.2) is 17.5 Å². The summed E-state index contributed by atoms with van der Waals surface area (Å²) in [4.78, 5) is 15.9. The molecule has 10 heteroatoms. The molecule has 6 aliphatic rings. The van der Waals surface area contributed by atoms with Crippen LogP contribution in [0, 0.1) is 22.7 Å². The van der Waals surface area contributed by atoms with Crippen LogP contribution in [0.15, 0.2) is 18.3 Å². The molecule has 194 valence electrons. The van der Waals surface area contributed by atoms with Gasteiger partial charge in [-0.2, -0.15) is 0 Å². The minimum absolute atomic E-state index is 0.0654. The predicted octanol–water partition coefficient (Wildman–Crippen LogP) is -0.188. The molecule has 4 saturated carbocycles. The standard InChI is InChI=1S/C25H35NO9/c1-12(2)22(31)17(34-16(28)14-7-6-10-26-14)23(32)18(4)11-21(30)19(22,5)25(23,33)24(35-21)15(27)13(3)8-9-20(18,24)29/h6-7,10,12-13,15,17,26-27,29-33H,8-9,11H2,1-5H3/t13-,15+,17+,18-,19-,20+,21-,22-,23+,24+,25+/m0/s1. The van der Waals surface area contributed by atoms with Crippen LogP contribution < -0.4 is 0 Å². The summed E-state index contributed by atoms with van der Waals surface area (Å²) in [7, 11) is 0. The molecule has 3 heterocycles. The second-order valence-electron chi connectivity index (χ2n) is 12.4. The highest BCUT2D eigenvalue weighted by Crippen LogP contribution is 2.90. The quantitative estimate of drug-likeness (QED) is 0.282. The van der Waals surface area contributed by atoms with E-state index in [-0.39, 0.29) is 18.5 Å². The number of hydrogen-bond acceptors (Lipinski definition) is 9. The Kier molecular flexibility index (Phi) is 4.06. The van der Waals surface area contributed by atoms with Crippen molar-refractivity contribution in [1.82, 2.24) is 4.98 Å². The molecule has 0 aromatic carbocycles. The average Bonchev–Trinajstić information content (AvgIpc) is 3.41. The first-order valence-electron chi connectivity index (χ1n) is 12.4. The van der Waals surface area contributed by atoms with Crippen molar-refractivity contribution in [3.63, 3.8) is 0 Å². The SMILES string of the molecule is CC(C)[C@]1(O)[C@@H](OC(=O)c2ccc[nH]2)[C@@]2(O)[C@@]3(C)C[C@]4(O)O[C@@]5([C@H](O)[C@@H](C)CC[C@@]35O)[C@@]2(O)[C@@]41C. The Morgan fingerprint density at radius 2 is 1.86 bits per heavy atom. The summed E-state index contributed by atoms with van der Waals surface area (Å²) in [5.41, 5.74) is -15.2. The van der Waals surface area contributed by atoms with Gasteiger partial charge in [0.2, 0.25) is 0 Å². The number of carbonyl (C=O) groups excluding carboxylic acids is 1. The van der Waals surface area contributed by atoms with E-state index in [2.05, 4.69) is 4.98 Å². The van der Waals surface area contributed by atoms with Crippen molar-refractivity contribution in [2.45, 2.75) is 99.9 Å². The molecule has 0 radical (unpaired) electrons. The zero-order valence-corrected chi connectivity index (χ0v) is 20.6. The maximum Gasteiger partial charge on any atom is 0.355 e. The highest BCUT2D eigenvalue weighted by atomic mass is 16.7. The van der Waals surface area contributed by atoms with Gasteiger partial charge in [-0.05, 0) is 43.7 Å². The number of aromatic nitrogens is 1. The van der Waals surface area contributed by atoms with Gasteiger partial charge in [0, 0.05) is 18.0 Å². The zero-order valence-electron chi connectivity index (χ0n) is 20.6. The van der Waals surface area contributed by atoms with Gasteiger partial charge in [-0.15, -0.1) is 0 Å². The molecule has 11 atom stereocenters. The summed E-state index contributed by atoms with van der Waals surface area (Å²) in [5.74, 6) is -4.34. The summed E-state index contributed by atoms with van der Waals surface area (Å²) in [6.45, 7) is 7.91. The van der Waals surface area contributed by atoms with E-state index in [1.54, 1.807) is 26.8 Å². The third-order valence-corrected chi connectivity index (χ3v) is 11.3. The van der Waals surface area contributed by atoms with E-state index in [1.165, 1.54) is 26.1 Å². The van der Waals surface area contributed by atoms with E-state index >= 15 is 0 Å². The normalized spacial score (nSPS) is 59.8. The maximum absolute atomic E-state index is 13.2. The summed E-state index contributed by atoms with van der Waals surface area (Å²) >= 11 is 0. The molecule has 6 fully saturated rings. The molecular formula is C25H35NO9. The highest BCUT2D eigenvalue weighted by molar-refractivity contribution is 5.87. The molecule has 1 aromatic rings. The Balaban J connectivity index is 1.69. The number of rotatable bonds is 3. The van der Waals surface area contributed by atoms with Crippen molar-refractivity contribution in [1.29, 1.82) is 0 Å². The van der Waals surface area contributed by atoms with E-state index in [4.69, 9.17) is 9.47 Å². The van der Waals surface area contributed by atoms with Crippen molar-refractivity contribution in [3.8, 4) is 0 Å². The zero-order chi connectivity index (χ0) is 25.8. The maximum atomic E-state index is 13.2. The molecular weight excluding hydrogens is 458 g/mol. The second-order valence-corrected chi connectivity index (χ2v) is 12.4. The van der Waals surface area contributed by atoms with Gasteiger partial charge in [0.1, 0.15) is 28.1 Å². The van der Waals surface area contributed by atoms with Crippen molar-refractivity contribution in [2.75, 3.05) is 0 Å². The molecule has 2 aliphatic heterocycles. The molecule has 7 rings (SSSR count). The number of hydrogen-bond donors (Lipinski definition) is 7. The van der Waals surface area contributed by atoms with E-state index in [9.17, 15) is 35.4 Å². The fourth-order valence-electron chi connectivity index (χ4n) is 9.56. The largest absolute Gasteiger partial charge is 0.451 e. The van der Waals surface area contributed by atoms with Crippen molar-refractivity contribution in [3.05, 3.63) is 24.0 Å². The number of ether oxygens (including phenoxy) is 2. The molecule has 1 spiro atoms. The first-order chi connectivity index (χ1) is 16.0. The number of H-pyrrole nitrogens is 1. The number of esters is 1. The van der Waals surface area contributed by atoms with Crippen molar-refractivity contribution < 1.29 is 44.9 Å². The van der Waals surface area contributed by atoms with Gasteiger partial charge in [0.25, 0.3) is 0 Å². The third kappa shape index (κ3) is 1.74. The van der Waals surface area contributed by atoms with Crippen LogP contribution in [0.1, 0.15) is 64.4 Å². The van der Waals surface area contributed by atoms with Crippen LogP contribution in [0.4, 0.5) is 0 Å². The molecule has 1 aromatic heterocycles. The van der Waals surface area contributed by atoms with Crippen LogP contribution in [0.5, 0.6) is 0 Å². The molecule has 35 heavy (non-hydrogen) atoms. The number of aliphatic hydroxyl groups is 6. The summed E-state index contributed by atoms with van der Waals surface area (Å²) in [6, 6.07) is 3.06. The Hall–Kier alpha value is -1.53. The first-order valence-corrected chi connectivity index (χ1v) is 12.4. The Bertz CT molecular complexity index is 1130. The average molecular weight is 494 g/mol. The Labute approximate surface area is 202 Å². The third-order valence-electron chi connectivity index (χ3n) is 11.3. The van der Waals surface area contributed by atoms with Crippen molar-refractivity contribution >= 4 is 5.97 Å². The lowest BCUT2D eigenvalue weighted by Gasteiger charge is -2.60. The van der Waals surface area contributed by atoms with E-state index in [0.29, 0.717) is 6.42 Å². The number of carbonyl (C=O) groups is 1.